The standard InChI is InChI=1S/C12H23NO4/c1-9(2)11(14)7-17-6-10(3)13(4)12(15)8-16-5/h9-10H,6-8H2,1-5H3. The number of Topliss-reactive ketones (excluding diaryl/α,β-unsaturated/α-hetero) is 1. The van der Waals surface area contributed by atoms with Crippen LogP contribution in [0.3, 0.4) is 0 Å². The number of rotatable bonds is 8. The highest BCUT2D eigenvalue weighted by Gasteiger charge is 2.16. The van der Waals surface area contributed by atoms with Crippen LogP contribution in [0, 0.1) is 5.92 Å². The zero-order valence-corrected chi connectivity index (χ0v) is 11.4. The molecule has 0 rings (SSSR count). The third-order valence-corrected chi connectivity index (χ3v) is 2.57. The molecule has 5 heteroatoms. The van der Waals surface area contributed by atoms with Gasteiger partial charge in [-0.05, 0) is 6.92 Å². The number of ether oxygens (including phenoxy) is 2. The maximum absolute atomic E-state index is 11.5. The summed E-state index contributed by atoms with van der Waals surface area (Å²) in [6.45, 7) is 6.06. The Labute approximate surface area is 103 Å². The molecule has 5 nitrogen and oxygen atoms in total. The summed E-state index contributed by atoms with van der Waals surface area (Å²) in [5.41, 5.74) is 0. The van der Waals surface area contributed by atoms with Crippen molar-refractivity contribution in [3.63, 3.8) is 0 Å². The van der Waals surface area contributed by atoms with Gasteiger partial charge in [0.15, 0.2) is 5.78 Å². The number of amides is 1. The second-order valence-corrected chi connectivity index (χ2v) is 4.42. The van der Waals surface area contributed by atoms with E-state index in [2.05, 4.69) is 0 Å². The van der Waals surface area contributed by atoms with Crippen molar-refractivity contribution < 1.29 is 19.1 Å². The number of hydrogen-bond acceptors (Lipinski definition) is 4. The smallest absolute Gasteiger partial charge is 0.248 e. The Bertz CT molecular complexity index is 253. The molecule has 17 heavy (non-hydrogen) atoms. The minimum absolute atomic E-state index is 0.0156. The van der Waals surface area contributed by atoms with E-state index in [4.69, 9.17) is 9.47 Å². The van der Waals surface area contributed by atoms with Gasteiger partial charge in [0.05, 0.1) is 12.6 Å². The monoisotopic (exact) mass is 245 g/mol. The van der Waals surface area contributed by atoms with Crippen LogP contribution in [0.4, 0.5) is 0 Å². The van der Waals surface area contributed by atoms with Crippen LogP contribution in [-0.4, -0.2) is 56.6 Å². The number of hydrogen-bond donors (Lipinski definition) is 0. The molecule has 0 fully saturated rings. The third kappa shape index (κ3) is 6.38. The molecule has 0 N–H and O–H groups in total. The van der Waals surface area contributed by atoms with Gasteiger partial charge in [-0.2, -0.15) is 0 Å². The van der Waals surface area contributed by atoms with Gasteiger partial charge in [0.25, 0.3) is 0 Å². The van der Waals surface area contributed by atoms with Crippen LogP contribution in [0.1, 0.15) is 20.8 Å². The minimum atomic E-state index is -0.0983. The summed E-state index contributed by atoms with van der Waals surface area (Å²) < 4.78 is 10.0. The van der Waals surface area contributed by atoms with Crippen molar-refractivity contribution in [1.29, 1.82) is 0 Å². The van der Waals surface area contributed by atoms with Crippen LogP contribution in [0.15, 0.2) is 0 Å². The molecule has 0 aromatic carbocycles. The Morgan fingerprint density at radius 3 is 2.24 bits per heavy atom. The summed E-state index contributed by atoms with van der Waals surface area (Å²) in [6, 6.07) is -0.0717. The zero-order valence-electron chi connectivity index (χ0n) is 11.4. The van der Waals surface area contributed by atoms with Gasteiger partial charge in [0, 0.05) is 20.1 Å². The topological polar surface area (TPSA) is 55.8 Å². The van der Waals surface area contributed by atoms with Gasteiger partial charge in [-0.25, -0.2) is 0 Å². The summed E-state index contributed by atoms with van der Waals surface area (Å²) in [4.78, 5) is 24.3. The normalized spacial score (nSPS) is 12.6. The van der Waals surface area contributed by atoms with Gasteiger partial charge < -0.3 is 14.4 Å². The summed E-state index contributed by atoms with van der Waals surface area (Å²) in [7, 11) is 3.17. The van der Waals surface area contributed by atoms with Gasteiger partial charge in [-0.3, -0.25) is 9.59 Å². The van der Waals surface area contributed by atoms with Crippen molar-refractivity contribution in [2.24, 2.45) is 5.92 Å². The summed E-state index contributed by atoms with van der Waals surface area (Å²) in [5, 5.41) is 0. The Morgan fingerprint density at radius 2 is 1.76 bits per heavy atom. The molecule has 1 atom stereocenters. The van der Waals surface area contributed by atoms with Crippen molar-refractivity contribution >= 4 is 11.7 Å². The van der Waals surface area contributed by atoms with E-state index >= 15 is 0 Å². The van der Waals surface area contributed by atoms with E-state index in [1.54, 1.807) is 11.9 Å². The number of carbonyl (C=O) groups is 2. The maximum Gasteiger partial charge on any atom is 0.248 e. The fourth-order valence-corrected chi connectivity index (χ4v) is 1.08. The summed E-state index contributed by atoms with van der Waals surface area (Å²) in [5.74, 6) is -0.0417. The van der Waals surface area contributed by atoms with Crippen molar-refractivity contribution in [3.8, 4) is 0 Å². The molecule has 0 saturated heterocycles. The van der Waals surface area contributed by atoms with Gasteiger partial charge >= 0.3 is 0 Å². The highest BCUT2D eigenvalue weighted by Crippen LogP contribution is 2.00. The zero-order chi connectivity index (χ0) is 13.4. The van der Waals surface area contributed by atoms with Gasteiger partial charge in [-0.1, -0.05) is 13.8 Å². The lowest BCUT2D eigenvalue weighted by Gasteiger charge is -2.24. The molecule has 0 spiro atoms. The Balaban J connectivity index is 3.89. The Morgan fingerprint density at radius 1 is 1.18 bits per heavy atom. The van der Waals surface area contributed by atoms with Crippen LogP contribution in [0.5, 0.6) is 0 Å². The first-order valence-corrected chi connectivity index (χ1v) is 5.75. The van der Waals surface area contributed by atoms with Crippen LogP contribution in [0.25, 0.3) is 0 Å². The maximum atomic E-state index is 11.5. The summed E-state index contributed by atoms with van der Waals surface area (Å²) in [6.07, 6.45) is 0. The van der Waals surface area contributed by atoms with E-state index in [-0.39, 0.29) is 36.9 Å². The number of carbonyl (C=O) groups excluding carboxylic acids is 2. The predicted octanol–water partition coefficient (Wildman–Crippen LogP) is 0.721. The molecular weight excluding hydrogens is 222 g/mol. The number of likely N-dealkylation sites (N-methyl/N-ethyl adjacent to an activating group) is 1. The molecule has 0 saturated carbocycles. The average Bonchev–Trinajstić information content (AvgIpc) is 2.27. The van der Waals surface area contributed by atoms with Gasteiger partial charge in [0.1, 0.15) is 13.2 Å². The molecule has 0 aliphatic heterocycles. The molecule has 1 unspecified atom stereocenters. The summed E-state index contributed by atoms with van der Waals surface area (Å²) >= 11 is 0. The predicted molar refractivity (Wildman–Crippen MR) is 64.8 cm³/mol. The largest absolute Gasteiger partial charge is 0.375 e. The fourth-order valence-electron chi connectivity index (χ4n) is 1.08. The number of methoxy groups -OCH3 is 1. The van der Waals surface area contributed by atoms with Crippen LogP contribution in [-0.2, 0) is 19.1 Å². The van der Waals surface area contributed by atoms with Gasteiger partial charge in [-0.15, -0.1) is 0 Å². The molecular formula is C12H23NO4. The van der Waals surface area contributed by atoms with Crippen molar-refractivity contribution in [3.05, 3.63) is 0 Å². The first kappa shape index (κ1) is 16.1. The van der Waals surface area contributed by atoms with E-state index in [1.807, 2.05) is 20.8 Å². The lowest BCUT2D eigenvalue weighted by molar-refractivity contribution is -0.137. The fraction of sp³-hybridized carbons (Fsp3) is 0.833. The van der Waals surface area contributed by atoms with Crippen LogP contribution < -0.4 is 0 Å². The average molecular weight is 245 g/mol. The molecule has 0 aromatic rings. The second kappa shape index (κ2) is 8.20. The number of ketones is 1. The van der Waals surface area contributed by atoms with E-state index in [1.165, 1.54) is 7.11 Å². The van der Waals surface area contributed by atoms with E-state index in [9.17, 15) is 9.59 Å². The highest BCUT2D eigenvalue weighted by atomic mass is 16.5. The van der Waals surface area contributed by atoms with E-state index < -0.39 is 0 Å². The molecule has 0 aliphatic carbocycles. The first-order valence-electron chi connectivity index (χ1n) is 5.75. The first-order chi connectivity index (χ1) is 7.90. The lowest BCUT2D eigenvalue weighted by atomic mass is 10.1. The number of nitrogens with zero attached hydrogens (tertiary/aromatic N) is 1. The Hall–Kier alpha value is -0.940. The van der Waals surface area contributed by atoms with Crippen molar-refractivity contribution in [2.45, 2.75) is 26.8 Å². The molecule has 0 radical (unpaired) electrons. The molecule has 1 amide bonds. The second-order valence-electron chi connectivity index (χ2n) is 4.42. The molecule has 0 bridgehead atoms. The van der Waals surface area contributed by atoms with Crippen LogP contribution in [0.2, 0.25) is 0 Å². The molecule has 100 valence electrons. The van der Waals surface area contributed by atoms with Crippen molar-refractivity contribution in [1.82, 2.24) is 4.90 Å². The SMILES string of the molecule is COCC(=O)N(C)C(C)COCC(=O)C(C)C. The molecule has 0 heterocycles. The van der Waals surface area contributed by atoms with E-state index in [0.29, 0.717) is 6.61 Å². The quantitative estimate of drug-likeness (QED) is 0.632. The molecule has 0 aliphatic rings. The van der Waals surface area contributed by atoms with Gasteiger partial charge in [0.2, 0.25) is 5.91 Å². The Kier molecular flexibility index (Phi) is 7.74. The minimum Gasteiger partial charge on any atom is -0.375 e. The highest BCUT2D eigenvalue weighted by molar-refractivity contribution is 5.81. The van der Waals surface area contributed by atoms with Crippen molar-refractivity contribution in [2.75, 3.05) is 34.0 Å². The lowest BCUT2D eigenvalue weighted by Crippen LogP contribution is -2.40. The van der Waals surface area contributed by atoms with E-state index in [0.717, 1.165) is 0 Å². The van der Waals surface area contributed by atoms with Crippen LogP contribution >= 0.6 is 0 Å². The third-order valence-electron chi connectivity index (χ3n) is 2.57. The molecule has 0 aromatic heterocycles.